The quantitative estimate of drug-likeness (QED) is 0.882. The van der Waals surface area contributed by atoms with Crippen LogP contribution in [0.25, 0.3) is 0 Å². The zero-order valence-electron chi connectivity index (χ0n) is 10.4. The minimum atomic E-state index is -0.406. The van der Waals surface area contributed by atoms with Crippen molar-refractivity contribution in [1.29, 1.82) is 0 Å². The van der Waals surface area contributed by atoms with E-state index in [-0.39, 0.29) is 11.9 Å². The average molecular weight is 312 g/mol. The van der Waals surface area contributed by atoms with E-state index in [1.165, 1.54) is 0 Å². The summed E-state index contributed by atoms with van der Waals surface area (Å²) in [4.78, 5) is 12.1. The molecule has 0 bridgehead atoms. The first kappa shape index (κ1) is 13.6. The second-order valence-electron chi connectivity index (χ2n) is 4.90. The maximum Gasteiger partial charge on any atom is 0.251 e. The molecule has 98 valence electrons. The van der Waals surface area contributed by atoms with Gasteiger partial charge in [0, 0.05) is 10.0 Å². The number of carbonyl (C=O) groups is 1. The predicted molar refractivity (Wildman–Crippen MR) is 74.6 cm³/mol. The molecule has 0 aliphatic heterocycles. The van der Waals surface area contributed by atoms with Crippen LogP contribution in [0.2, 0.25) is 0 Å². The van der Waals surface area contributed by atoms with Gasteiger partial charge in [-0.15, -0.1) is 0 Å². The molecule has 18 heavy (non-hydrogen) atoms. The molecule has 0 spiro atoms. The van der Waals surface area contributed by atoms with Gasteiger partial charge in [0.05, 0.1) is 12.1 Å². The molecule has 3 nitrogen and oxygen atoms in total. The van der Waals surface area contributed by atoms with Gasteiger partial charge in [-0.05, 0) is 37.5 Å². The zero-order valence-corrected chi connectivity index (χ0v) is 12.0. The third kappa shape index (κ3) is 3.12. The Kier molecular flexibility index (Phi) is 4.40. The standard InChI is InChI=1S/C14H18BrNO2/c1-9-6-7-10(8-11(9)15)14(18)16-12-4-2-3-5-13(12)17/h6-8,12-13,17H,2-5H2,1H3,(H,16,18)/t12-,13-/m1/s1. The van der Waals surface area contributed by atoms with Crippen LogP contribution in [-0.4, -0.2) is 23.2 Å². The topological polar surface area (TPSA) is 49.3 Å². The lowest BCUT2D eigenvalue weighted by Crippen LogP contribution is -2.45. The minimum Gasteiger partial charge on any atom is -0.391 e. The Morgan fingerprint density at radius 1 is 1.39 bits per heavy atom. The molecule has 1 aliphatic rings. The molecular formula is C14H18BrNO2. The lowest BCUT2D eigenvalue weighted by Gasteiger charge is -2.28. The van der Waals surface area contributed by atoms with Crippen LogP contribution >= 0.6 is 15.9 Å². The van der Waals surface area contributed by atoms with E-state index >= 15 is 0 Å². The van der Waals surface area contributed by atoms with E-state index in [0.717, 1.165) is 35.7 Å². The summed E-state index contributed by atoms with van der Waals surface area (Å²) in [6.45, 7) is 1.98. The van der Waals surface area contributed by atoms with Gasteiger partial charge in [-0.2, -0.15) is 0 Å². The van der Waals surface area contributed by atoms with Gasteiger partial charge in [-0.3, -0.25) is 4.79 Å². The van der Waals surface area contributed by atoms with E-state index < -0.39 is 6.10 Å². The fourth-order valence-corrected chi connectivity index (χ4v) is 2.64. The molecule has 2 rings (SSSR count). The van der Waals surface area contributed by atoms with E-state index in [1.807, 2.05) is 25.1 Å². The molecule has 4 heteroatoms. The average Bonchev–Trinajstić information content (AvgIpc) is 2.35. The summed E-state index contributed by atoms with van der Waals surface area (Å²) < 4.78 is 0.930. The second-order valence-corrected chi connectivity index (χ2v) is 5.75. The second kappa shape index (κ2) is 5.85. The van der Waals surface area contributed by atoms with Gasteiger partial charge in [0.1, 0.15) is 0 Å². The highest BCUT2D eigenvalue weighted by atomic mass is 79.9. The molecule has 1 aromatic rings. The number of rotatable bonds is 2. The number of amides is 1. The number of aryl methyl sites for hydroxylation is 1. The summed E-state index contributed by atoms with van der Waals surface area (Å²) in [6.07, 6.45) is 3.35. The van der Waals surface area contributed by atoms with E-state index in [9.17, 15) is 9.90 Å². The molecule has 0 radical (unpaired) electrons. The van der Waals surface area contributed by atoms with Gasteiger partial charge in [-0.25, -0.2) is 0 Å². The van der Waals surface area contributed by atoms with Crippen molar-refractivity contribution >= 4 is 21.8 Å². The van der Waals surface area contributed by atoms with Crippen molar-refractivity contribution in [1.82, 2.24) is 5.32 Å². The lowest BCUT2D eigenvalue weighted by molar-refractivity contribution is 0.0717. The SMILES string of the molecule is Cc1ccc(C(=O)N[C@@H]2CCCC[C@H]2O)cc1Br. The third-order valence-electron chi connectivity index (χ3n) is 3.48. The van der Waals surface area contributed by atoms with Crippen molar-refractivity contribution in [3.05, 3.63) is 33.8 Å². The first-order chi connectivity index (χ1) is 8.58. The maximum absolute atomic E-state index is 12.1. The van der Waals surface area contributed by atoms with Gasteiger partial charge in [0.15, 0.2) is 0 Å². The fourth-order valence-electron chi connectivity index (χ4n) is 2.27. The van der Waals surface area contributed by atoms with E-state index in [1.54, 1.807) is 0 Å². The lowest BCUT2D eigenvalue weighted by atomic mass is 9.92. The van der Waals surface area contributed by atoms with E-state index in [2.05, 4.69) is 21.2 Å². The molecule has 0 unspecified atom stereocenters. The Labute approximate surface area is 116 Å². The van der Waals surface area contributed by atoms with Crippen LogP contribution in [-0.2, 0) is 0 Å². The Bertz CT molecular complexity index is 447. The summed E-state index contributed by atoms with van der Waals surface area (Å²) >= 11 is 3.42. The Hall–Kier alpha value is -0.870. The van der Waals surface area contributed by atoms with Gasteiger partial charge in [-0.1, -0.05) is 34.8 Å². The molecule has 0 heterocycles. The molecule has 1 aromatic carbocycles. The molecule has 1 amide bonds. The monoisotopic (exact) mass is 311 g/mol. The van der Waals surface area contributed by atoms with Crippen molar-refractivity contribution in [3.63, 3.8) is 0 Å². The number of hydrogen-bond donors (Lipinski definition) is 2. The first-order valence-electron chi connectivity index (χ1n) is 6.33. The van der Waals surface area contributed by atoms with Crippen molar-refractivity contribution in [2.75, 3.05) is 0 Å². The van der Waals surface area contributed by atoms with Gasteiger partial charge < -0.3 is 10.4 Å². The molecule has 1 saturated carbocycles. The molecule has 1 fully saturated rings. The molecule has 2 atom stereocenters. The molecule has 0 aromatic heterocycles. The summed E-state index contributed by atoms with van der Waals surface area (Å²) in [5.74, 6) is -0.110. The number of benzene rings is 1. The number of carbonyl (C=O) groups excluding carboxylic acids is 1. The summed E-state index contributed by atoms with van der Waals surface area (Å²) in [7, 11) is 0. The van der Waals surface area contributed by atoms with E-state index in [4.69, 9.17) is 0 Å². The van der Waals surface area contributed by atoms with E-state index in [0.29, 0.717) is 5.56 Å². The van der Waals surface area contributed by atoms with Gasteiger partial charge in [0.2, 0.25) is 0 Å². The smallest absolute Gasteiger partial charge is 0.251 e. The molecule has 2 N–H and O–H groups in total. The van der Waals surface area contributed by atoms with Crippen LogP contribution in [0, 0.1) is 6.92 Å². The number of hydrogen-bond acceptors (Lipinski definition) is 2. The van der Waals surface area contributed by atoms with Crippen LogP contribution in [0.1, 0.15) is 41.6 Å². The first-order valence-corrected chi connectivity index (χ1v) is 7.12. The largest absolute Gasteiger partial charge is 0.391 e. The molecule has 1 aliphatic carbocycles. The zero-order chi connectivity index (χ0) is 13.1. The Balaban J connectivity index is 2.04. The van der Waals surface area contributed by atoms with Gasteiger partial charge >= 0.3 is 0 Å². The molecule has 0 saturated heterocycles. The number of halogens is 1. The normalized spacial score (nSPS) is 23.7. The van der Waals surface area contributed by atoms with Crippen LogP contribution in [0.15, 0.2) is 22.7 Å². The van der Waals surface area contributed by atoms with Crippen LogP contribution in [0.3, 0.4) is 0 Å². The fraction of sp³-hybridized carbons (Fsp3) is 0.500. The van der Waals surface area contributed by atoms with Crippen molar-refractivity contribution in [3.8, 4) is 0 Å². The summed E-state index contributed by atoms with van der Waals surface area (Å²) in [6, 6.07) is 5.44. The number of nitrogens with one attached hydrogen (secondary N) is 1. The Morgan fingerprint density at radius 2 is 2.11 bits per heavy atom. The van der Waals surface area contributed by atoms with Crippen LogP contribution in [0.5, 0.6) is 0 Å². The van der Waals surface area contributed by atoms with Crippen molar-refractivity contribution in [2.45, 2.75) is 44.8 Å². The maximum atomic E-state index is 12.1. The van der Waals surface area contributed by atoms with Gasteiger partial charge in [0.25, 0.3) is 5.91 Å². The minimum absolute atomic E-state index is 0.105. The summed E-state index contributed by atoms with van der Waals surface area (Å²) in [5, 5.41) is 12.8. The Morgan fingerprint density at radius 3 is 2.78 bits per heavy atom. The predicted octanol–water partition coefficient (Wildman–Crippen LogP) is 2.79. The third-order valence-corrected chi connectivity index (χ3v) is 4.33. The highest BCUT2D eigenvalue weighted by Crippen LogP contribution is 2.20. The summed E-state index contributed by atoms with van der Waals surface area (Å²) in [5.41, 5.74) is 1.73. The van der Waals surface area contributed by atoms with Crippen LogP contribution < -0.4 is 5.32 Å². The number of aliphatic hydroxyl groups is 1. The van der Waals surface area contributed by atoms with Crippen molar-refractivity contribution in [2.24, 2.45) is 0 Å². The highest BCUT2D eigenvalue weighted by Gasteiger charge is 2.24. The highest BCUT2D eigenvalue weighted by molar-refractivity contribution is 9.10. The van der Waals surface area contributed by atoms with Crippen LogP contribution in [0.4, 0.5) is 0 Å². The number of aliphatic hydroxyl groups excluding tert-OH is 1. The molecular weight excluding hydrogens is 294 g/mol. The van der Waals surface area contributed by atoms with Crippen molar-refractivity contribution < 1.29 is 9.90 Å².